The van der Waals surface area contributed by atoms with Crippen molar-refractivity contribution in [3.63, 3.8) is 0 Å². The third-order valence-corrected chi connectivity index (χ3v) is 4.70. The molecular formula is C18H13BrClF2N3O3. The first-order chi connectivity index (χ1) is 13.4. The molecule has 3 rings (SSSR count). The Balaban J connectivity index is 2.14. The van der Waals surface area contributed by atoms with Crippen molar-refractivity contribution in [2.45, 2.75) is 6.04 Å². The highest BCUT2D eigenvalue weighted by atomic mass is 79.9. The van der Waals surface area contributed by atoms with E-state index in [1.54, 1.807) is 24.3 Å². The minimum Gasteiger partial charge on any atom is -0.437 e. The quantitative estimate of drug-likeness (QED) is 0.524. The number of alkyl halides is 1. The van der Waals surface area contributed by atoms with Crippen LogP contribution in [0.1, 0.15) is 17.3 Å². The summed E-state index contributed by atoms with van der Waals surface area (Å²) in [5.41, 5.74) is 0.711. The Labute approximate surface area is 172 Å². The van der Waals surface area contributed by atoms with Gasteiger partial charge < -0.3 is 14.8 Å². The van der Waals surface area contributed by atoms with E-state index in [9.17, 15) is 13.6 Å². The summed E-state index contributed by atoms with van der Waals surface area (Å²) in [5.74, 6) is -1.54. The van der Waals surface area contributed by atoms with Crippen LogP contribution in [-0.4, -0.2) is 29.4 Å². The Morgan fingerprint density at radius 1 is 1.36 bits per heavy atom. The van der Waals surface area contributed by atoms with Gasteiger partial charge in [0.1, 0.15) is 17.6 Å². The summed E-state index contributed by atoms with van der Waals surface area (Å²) in [7, 11) is 1.17. The minimum atomic E-state index is -0.947. The fraction of sp³-hybridized carbons (Fsp3) is 0.167. The van der Waals surface area contributed by atoms with Crippen molar-refractivity contribution < 1.29 is 23.0 Å². The fourth-order valence-electron chi connectivity index (χ4n) is 2.55. The number of nitrogens with one attached hydrogen (secondary N) is 1. The number of amidine groups is 1. The van der Waals surface area contributed by atoms with Gasteiger partial charge in [-0.3, -0.25) is 0 Å². The van der Waals surface area contributed by atoms with Crippen LogP contribution in [0.3, 0.4) is 0 Å². The Hall–Kier alpha value is -2.52. The van der Waals surface area contributed by atoms with Gasteiger partial charge in [0.25, 0.3) is 0 Å². The van der Waals surface area contributed by atoms with Crippen LogP contribution < -0.4 is 5.32 Å². The van der Waals surface area contributed by atoms with E-state index in [-0.39, 0.29) is 22.6 Å². The maximum Gasteiger partial charge on any atom is 0.513 e. The molecule has 1 aliphatic rings. The third-order valence-electron chi connectivity index (χ3n) is 3.80. The predicted octanol–water partition coefficient (Wildman–Crippen LogP) is 4.49. The number of carbonyl (C=O) groups is 1. The number of methoxy groups -OCH3 is 1. The summed E-state index contributed by atoms with van der Waals surface area (Å²) < 4.78 is 37.3. The minimum absolute atomic E-state index is 0.0362. The Morgan fingerprint density at radius 3 is 2.75 bits per heavy atom. The topological polar surface area (TPSA) is 72.8 Å². The number of hydrogen-bond acceptors (Lipinski definition) is 6. The van der Waals surface area contributed by atoms with Crippen molar-refractivity contribution >= 4 is 39.5 Å². The molecule has 0 bridgehead atoms. The molecule has 0 saturated heterocycles. The number of benzene rings is 1. The molecule has 2 aromatic rings. The number of hydrogen-bond donors (Lipinski definition) is 1. The van der Waals surface area contributed by atoms with Crippen molar-refractivity contribution in [1.29, 1.82) is 0 Å². The molecule has 0 radical (unpaired) electrons. The lowest BCUT2D eigenvalue weighted by Gasteiger charge is -2.27. The average molecular weight is 473 g/mol. The highest BCUT2D eigenvalue weighted by Crippen LogP contribution is 2.36. The standard InChI is InChI=1S/C18H13BrClF2N3O3/c1-27-18(26)28-16-13(7-19)24-17(15-12(22)6-9(21)8-23-15)25-14(16)10-4-2-3-5-11(10)20/h2-6,8,14H,7H2,1H3,(H,24,25). The van der Waals surface area contributed by atoms with Gasteiger partial charge in [-0.1, -0.05) is 45.7 Å². The Bertz CT molecular complexity index is 984. The van der Waals surface area contributed by atoms with Gasteiger partial charge in [0, 0.05) is 22.0 Å². The molecule has 2 heterocycles. The second kappa shape index (κ2) is 8.66. The smallest absolute Gasteiger partial charge is 0.437 e. The second-order valence-electron chi connectivity index (χ2n) is 5.54. The molecule has 6 nitrogen and oxygen atoms in total. The zero-order valence-electron chi connectivity index (χ0n) is 14.4. The first kappa shape index (κ1) is 20.2. The van der Waals surface area contributed by atoms with Gasteiger partial charge in [0.15, 0.2) is 17.4 Å². The van der Waals surface area contributed by atoms with Crippen LogP contribution in [0.15, 0.2) is 53.0 Å². The lowest BCUT2D eigenvalue weighted by atomic mass is 10.0. The van der Waals surface area contributed by atoms with Crippen LogP contribution in [0.2, 0.25) is 5.02 Å². The number of nitrogens with zero attached hydrogens (tertiary/aromatic N) is 2. The molecule has 0 fully saturated rings. The number of aromatic nitrogens is 1. The molecule has 0 spiro atoms. The molecular weight excluding hydrogens is 460 g/mol. The second-order valence-corrected chi connectivity index (χ2v) is 6.51. The van der Waals surface area contributed by atoms with Crippen LogP contribution in [-0.2, 0) is 9.47 Å². The van der Waals surface area contributed by atoms with E-state index >= 15 is 0 Å². The number of rotatable bonds is 4. The van der Waals surface area contributed by atoms with Crippen LogP contribution >= 0.6 is 27.5 Å². The highest BCUT2D eigenvalue weighted by Gasteiger charge is 2.32. The number of aliphatic imine (C=N–C) groups is 1. The van der Waals surface area contributed by atoms with Gasteiger partial charge >= 0.3 is 6.16 Å². The van der Waals surface area contributed by atoms with Crippen molar-refractivity contribution in [3.05, 3.63) is 75.9 Å². The third kappa shape index (κ3) is 4.15. The van der Waals surface area contributed by atoms with E-state index in [0.29, 0.717) is 22.3 Å². The molecule has 1 atom stereocenters. The van der Waals surface area contributed by atoms with Crippen LogP contribution in [0.5, 0.6) is 0 Å². The molecule has 10 heteroatoms. The zero-order valence-corrected chi connectivity index (χ0v) is 16.7. The van der Waals surface area contributed by atoms with Crippen molar-refractivity contribution in [1.82, 2.24) is 10.3 Å². The van der Waals surface area contributed by atoms with E-state index in [2.05, 4.69) is 36.0 Å². The number of halogens is 4. The van der Waals surface area contributed by atoms with Gasteiger partial charge in [-0.25, -0.2) is 23.6 Å². The van der Waals surface area contributed by atoms with Crippen LogP contribution in [0, 0.1) is 11.6 Å². The first-order valence-corrected chi connectivity index (χ1v) is 9.40. The summed E-state index contributed by atoms with van der Waals surface area (Å²) in [5, 5.41) is 3.44. The molecule has 0 amide bonds. The summed E-state index contributed by atoms with van der Waals surface area (Å²) >= 11 is 9.59. The first-order valence-electron chi connectivity index (χ1n) is 7.90. The maximum absolute atomic E-state index is 14.3. The SMILES string of the molecule is COC(=O)OC1=C(CBr)NC(c2ncc(F)cc2F)=NC1c1ccccc1Cl. The van der Waals surface area contributed by atoms with E-state index in [0.717, 1.165) is 6.20 Å². The molecule has 1 aliphatic heterocycles. The molecule has 1 N–H and O–H groups in total. The molecule has 1 aromatic carbocycles. The van der Waals surface area contributed by atoms with Crippen molar-refractivity contribution in [2.75, 3.05) is 12.4 Å². The number of allylic oxidation sites excluding steroid dienone is 1. The summed E-state index contributed by atoms with van der Waals surface area (Å²) in [6.07, 6.45) is -0.0671. The van der Waals surface area contributed by atoms with E-state index < -0.39 is 23.8 Å². The largest absolute Gasteiger partial charge is 0.513 e. The predicted molar refractivity (Wildman–Crippen MR) is 102 cm³/mol. The fourth-order valence-corrected chi connectivity index (χ4v) is 3.21. The number of ether oxygens (including phenoxy) is 2. The lowest BCUT2D eigenvalue weighted by Crippen LogP contribution is -2.34. The Kier molecular flexibility index (Phi) is 6.25. The van der Waals surface area contributed by atoms with E-state index in [4.69, 9.17) is 16.3 Å². The molecule has 1 unspecified atom stereocenters. The van der Waals surface area contributed by atoms with Gasteiger partial charge in [0.2, 0.25) is 0 Å². The summed E-state index contributed by atoms with van der Waals surface area (Å²) in [6, 6.07) is 6.62. The molecule has 0 aliphatic carbocycles. The summed E-state index contributed by atoms with van der Waals surface area (Å²) in [6.45, 7) is 0. The average Bonchev–Trinajstić information content (AvgIpc) is 2.68. The molecule has 0 saturated carbocycles. The Morgan fingerprint density at radius 2 is 2.11 bits per heavy atom. The number of pyridine rings is 1. The van der Waals surface area contributed by atoms with Gasteiger partial charge in [-0.2, -0.15) is 0 Å². The molecule has 146 valence electrons. The van der Waals surface area contributed by atoms with Gasteiger partial charge in [0.05, 0.1) is 19.0 Å². The van der Waals surface area contributed by atoms with Gasteiger partial charge in [-0.05, 0) is 6.07 Å². The molecule has 28 heavy (non-hydrogen) atoms. The highest BCUT2D eigenvalue weighted by molar-refractivity contribution is 9.09. The van der Waals surface area contributed by atoms with Crippen LogP contribution in [0.25, 0.3) is 0 Å². The monoisotopic (exact) mass is 471 g/mol. The molecule has 1 aromatic heterocycles. The number of carbonyl (C=O) groups excluding carboxylic acids is 1. The van der Waals surface area contributed by atoms with Crippen LogP contribution in [0.4, 0.5) is 13.6 Å². The normalized spacial score (nSPS) is 16.3. The zero-order chi connectivity index (χ0) is 20.3. The van der Waals surface area contributed by atoms with Gasteiger partial charge in [-0.15, -0.1) is 0 Å². The van der Waals surface area contributed by atoms with E-state index in [1.807, 2.05) is 0 Å². The van der Waals surface area contributed by atoms with Crippen molar-refractivity contribution in [3.8, 4) is 0 Å². The maximum atomic E-state index is 14.3. The van der Waals surface area contributed by atoms with E-state index in [1.165, 1.54) is 7.11 Å². The summed E-state index contributed by atoms with van der Waals surface area (Å²) in [4.78, 5) is 19.9. The lowest BCUT2D eigenvalue weighted by molar-refractivity contribution is 0.0913. The van der Waals surface area contributed by atoms with Crippen molar-refractivity contribution in [2.24, 2.45) is 4.99 Å².